The molecular formula is C19H20N2O2. The Morgan fingerprint density at radius 2 is 2.04 bits per heavy atom. The largest absolute Gasteiger partial charge is 0.497 e. The van der Waals surface area contributed by atoms with Gasteiger partial charge in [0, 0.05) is 12.3 Å². The average molecular weight is 308 g/mol. The standard InChI is InChI=1S/C19H20N2O2/c1-23-17-10-7-15(8-11-17)19(14-5-6-14)21-18(22)12-9-16-4-2-3-13-20-16/h2-4,7-14,19H,5-6H2,1H3,(H,21,22). The number of amides is 1. The van der Waals surface area contributed by atoms with Gasteiger partial charge in [-0.3, -0.25) is 9.78 Å². The van der Waals surface area contributed by atoms with Crippen LogP contribution >= 0.6 is 0 Å². The maximum atomic E-state index is 12.2. The van der Waals surface area contributed by atoms with Crippen molar-refractivity contribution in [3.63, 3.8) is 0 Å². The first-order valence-electron chi connectivity index (χ1n) is 7.80. The van der Waals surface area contributed by atoms with E-state index in [4.69, 9.17) is 4.74 Å². The highest BCUT2D eigenvalue weighted by Gasteiger charge is 2.33. The van der Waals surface area contributed by atoms with E-state index in [1.165, 1.54) is 0 Å². The van der Waals surface area contributed by atoms with Crippen LogP contribution < -0.4 is 10.1 Å². The molecule has 0 spiro atoms. The molecule has 2 aromatic rings. The Morgan fingerprint density at radius 3 is 2.65 bits per heavy atom. The first kappa shape index (κ1) is 15.3. The quantitative estimate of drug-likeness (QED) is 0.832. The second-order valence-corrected chi connectivity index (χ2v) is 5.68. The molecule has 3 rings (SSSR count). The SMILES string of the molecule is COc1ccc(C(NC(=O)C=Cc2ccccn2)C2CC2)cc1. The Hall–Kier alpha value is -2.62. The van der Waals surface area contributed by atoms with E-state index in [1.54, 1.807) is 25.5 Å². The van der Waals surface area contributed by atoms with E-state index in [2.05, 4.69) is 10.3 Å². The van der Waals surface area contributed by atoms with Gasteiger partial charge in [-0.2, -0.15) is 0 Å². The molecule has 1 amide bonds. The van der Waals surface area contributed by atoms with Crippen LogP contribution in [0.2, 0.25) is 0 Å². The minimum absolute atomic E-state index is 0.0572. The topological polar surface area (TPSA) is 51.2 Å². The number of ether oxygens (including phenoxy) is 1. The number of nitrogens with zero attached hydrogens (tertiary/aromatic N) is 1. The van der Waals surface area contributed by atoms with Gasteiger partial charge in [0.15, 0.2) is 0 Å². The number of nitrogens with one attached hydrogen (secondary N) is 1. The van der Waals surface area contributed by atoms with Gasteiger partial charge < -0.3 is 10.1 Å². The fourth-order valence-corrected chi connectivity index (χ4v) is 2.55. The zero-order valence-electron chi connectivity index (χ0n) is 13.1. The summed E-state index contributed by atoms with van der Waals surface area (Å²) in [5.74, 6) is 1.25. The lowest BCUT2D eigenvalue weighted by Crippen LogP contribution is -2.28. The second-order valence-electron chi connectivity index (χ2n) is 5.68. The molecule has 23 heavy (non-hydrogen) atoms. The summed E-state index contributed by atoms with van der Waals surface area (Å²) in [6.07, 6.45) is 7.29. The molecule has 1 aliphatic carbocycles. The van der Waals surface area contributed by atoms with Gasteiger partial charge in [-0.05, 0) is 54.7 Å². The van der Waals surface area contributed by atoms with Crippen LogP contribution in [0.15, 0.2) is 54.7 Å². The first-order chi connectivity index (χ1) is 11.3. The van der Waals surface area contributed by atoms with Gasteiger partial charge >= 0.3 is 0 Å². The third-order valence-electron chi connectivity index (χ3n) is 3.96. The molecule has 1 aromatic heterocycles. The zero-order valence-corrected chi connectivity index (χ0v) is 13.1. The van der Waals surface area contributed by atoms with Crippen molar-refractivity contribution in [3.05, 3.63) is 66.0 Å². The van der Waals surface area contributed by atoms with Crippen molar-refractivity contribution < 1.29 is 9.53 Å². The van der Waals surface area contributed by atoms with E-state index in [9.17, 15) is 4.79 Å². The van der Waals surface area contributed by atoms with Crippen LogP contribution in [0.4, 0.5) is 0 Å². The number of carbonyl (C=O) groups is 1. The van der Waals surface area contributed by atoms with Crippen molar-refractivity contribution in [1.29, 1.82) is 0 Å². The van der Waals surface area contributed by atoms with Gasteiger partial charge in [-0.1, -0.05) is 18.2 Å². The molecule has 4 heteroatoms. The zero-order chi connectivity index (χ0) is 16.1. The second kappa shape index (κ2) is 7.09. The van der Waals surface area contributed by atoms with Crippen molar-refractivity contribution in [2.24, 2.45) is 5.92 Å². The highest BCUT2D eigenvalue weighted by atomic mass is 16.5. The van der Waals surface area contributed by atoms with Gasteiger partial charge in [0.2, 0.25) is 5.91 Å². The molecule has 1 aromatic carbocycles. The lowest BCUT2D eigenvalue weighted by atomic mass is 10.0. The molecule has 0 bridgehead atoms. The smallest absolute Gasteiger partial charge is 0.244 e. The number of hydrogen-bond acceptors (Lipinski definition) is 3. The van der Waals surface area contributed by atoms with E-state index in [0.717, 1.165) is 29.8 Å². The van der Waals surface area contributed by atoms with Crippen molar-refractivity contribution in [1.82, 2.24) is 10.3 Å². The predicted octanol–water partition coefficient (Wildman–Crippen LogP) is 3.37. The van der Waals surface area contributed by atoms with Crippen molar-refractivity contribution in [3.8, 4) is 5.75 Å². The molecule has 1 unspecified atom stereocenters. The maximum Gasteiger partial charge on any atom is 0.244 e. The molecule has 1 N–H and O–H groups in total. The van der Waals surface area contributed by atoms with E-state index >= 15 is 0 Å². The van der Waals surface area contributed by atoms with Gasteiger partial charge in [0.1, 0.15) is 5.75 Å². The van der Waals surface area contributed by atoms with Crippen LogP contribution in [0.25, 0.3) is 6.08 Å². The maximum absolute atomic E-state index is 12.2. The monoisotopic (exact) mass is 308 g/mol. The number of pyridine rings is 1. The van der Waals surface area contributed by atoms with Crippen LogP contribution in [0.1, 0.15) is 30.1 Å². The number of methoxy groups -OCH3 is 1. The molecule has 0 aliphatic heterocycles. The van der Waals surface area contributed by atoms with Gasteiger partial charge in [0.25, 0.3) is 0 Å². The molecule has 1 heterocycles. The van der Waals surface area contributed by atoms with E-state index in [-0.39, 0.29) is 11.9 Å². The van der Waals surface area contributed by atoms with Crippen molar-refractivity contribution in [2.45, 2.75) is 18.9 Å². The third kappa shape index (κ3) is 4.19. The molecule has 1 aliphatic rings. The lowest BCUT2D eigenvalue weighted by Gasteiger charge is -2.18. The van der Waals surface area contributed by atoms with Gasteiger partial charge in [-0.15, -0.1) is 0 Å². The van der Waals surface area contributed by atoms with Crippen LogP contribution in [-0.4, -0.2) is 18.0 Å². The Kier molecular flexibility index (Phi) is 4.71. The lowest BCUT2D eigenvalue weighted by molar-refractivity contribution is -0.117. The summed E-state index contributed by atoms with van der Waals surface area (Å²) >= 11 is 0. The molecule has 1 fully saturated rings. The van der Waals surface area contributed by atoms with Gasteiger partial charge in [0.05, 0.1) is 18.8 Å². The van der Waals surface area contributed by atoms with Crippen LogP contribution in [0.3, 0.4) is 0 Å². The fourth-order valence-electron chi connectivity index (χ4n) is 2.55. The molecule has 0 radical (unpaired) electrons. The number of benzene rings is 1. The number of hydrogen-bond donors (Lipinski definition) is 1. The molecule has 4 nitrogen and oxygen atoms in total. The minimum Gasteiger partial charge on any atom is -0.497 e. The summed E-state index contributed by atoms with van der Waals surface area (Å²) in [6.45, 7) is 0. The summed E-state index contributed by atoms with van der Waals surface area (Å²) in [5, 5.41) is 3.11. The third-order valence-corrected chi connectivity index (χ3v) is 3.96. The normalized spacial score (nSPS) is 15.3. The Balaban J connectivity index is 1.67. The van der Waals surface area contributed by atoms with Crippen molar-refractivity contribution >= 4 is 12.0 Å². The fraction of sp³-hybridized carbons (Fsp3) is 0.263. The summed E-state index contributed by atoms with van der Waals surface area (Å²) in [7, 11) is 1.65. The summed E-state index contributed by atoms with van der Waals surface area (Å²) in [4.78, 5) is 16.4. The van der Waals surface area contributed by atoms with E-state index < -0.39 is 0 Å². The summed E-state index contributed by atoms with van der Waals surface area (Å²) in [6, 6.07) is 13.6. The molecule has 1 saturated carbocycles. The van der Waals surface area contributed by atoms with Crippen LogP contribution in [-0.2, 0) is 4.79 Å². The number of rotatable bonds is 6. The molecular weight excluding hydrogens is 288 g/mol. The van der Waals surface area contributed by atoms with Crippen molar-refractivity contribution in [2.75, 3.05) is 7.11 Å². The molecule has 0 saturated heterocycles. The number of aromatic nitrogens is 1. The highest BCUT2D eigenvalue weighted by Crippen LogP contribution is 2.41. The average Bonchev–Trinajstić information content (AvgIpc) is 3.44. The summed E-state index contributed by atoms with van der Waals surface area (Å²) in [5.41, 5.74) is 1.89. The summed E-state index contributed by atoms with van der Waals surface area (Å²) < 4.78 is 5.19. The Labute approximate surface area is 136 Å². The van der Waals surface area contributed by atoms with Crippen LogP contribution in [0, 0.1) is 5.92 Å². The van der Waals surface area contributed by atoms with Crippen LogP contribution in [0.5, 0.6) is 5.75 Å². The van der Waals surface area contributed by atoms with E-state index in [1.807, 2.05) is 42.5 Å². The van der Waals surface area contributed by atoms with Gasteiger partial charge in [-0.25, -0.2) is 0 Å². The Bertz CT molecular complexity index is 676. The molecule has 1 atom stereocenters. The highest BCUT2D eigenvalue weighted by molar-refractivity contribution is 5.91. The number of carbonyl (C=O) groups excluding carboxylic acids is 1. The minimum atomic E-state index is -0.0941. The Morgan fingerprint density at radius 1 is 1.26 bits per heavy atom. The molecule has 118 valence electrons. The van der Waals surface area contributed by atoms with E-state index in [0.29, 0.717) is 5.92 Å². The first-order valence-corrected chi connectivity index (χ1v) is 7.80. The predicted molar refractivity (Wildman–Crippen MR) is 89.9 cm³/mol.